The third kappa shape index (κ3) is 3.62. The van der Waals surface area contributed by atoms with E-state index in [1.807, 2.05) is 0 Å². The molecule has 0 aliphatic carbocycles. The molecule has 1 amide bonds. The fraction of sp³-hybridized carbons (Fsp3) is 0.167. The number of nitrogens with zero attached hydrogens (tertiary/aromatic N) is 2. The fourth-order valence-corrected chi connectivity index (χ4v) is 2.67. The van der Waals surface area contributed by atoms with Crippen molar-refractivity contribution in [3.63, 3.8) is 0 Å². The number of aromatic nitrogens is 2. The Morgan fingerprint density at radius 3 is 2.41 bits per heavy atom. The van der Waals surface area contributed by atoms with Gasteiger partial charge in [-0.25, -0.2) is 5.10 Å². The van der Waals surface area contributed by atoms with Crippen LogP contribution in [-0.4, -0.2) is 30.2 Å². The van der Waals surface area contributed by atoms with Crippen molar-refractivity contribution in [1.29, 1.82) is 0 Å². The van der Waals surface area contributed by atoms with Crippen LogP contribution in [0.5, 0.6) is 0 Å². The van der Waals surface area contributed by atoms with Crippen LogP contribution in [0.25, 0.3) is 10.8 Å². The number of aromatic amines is 1. The van der Waals surface area contributed by atoms with E-state index in [-0.39, 0.29) is 16.8 Å². The molecule has 2 aromatic carbocycles. The maximum atomic E-state index is 13.0. The Kier molecular flexibility index (Phi) is 4.61. The Hall–Kier alpha value is -3.36. The molecule has 3 aromatic rings. The summed E-state index contributed by atoms with van der Waals surface area (Å²) in [6, 6.07) is 9.43. The van der Waals surface area contributed by atoms with Crippen LogP contribution >= 0.6 is 0 Å². The normalized spacial score (nSPS) is 11.4. The molecule has 0 saturated heterocycles. The highest BCUT2D eigenvalue weighted by molar-refractivity contribution is 6.12. The van der Waals surface area contributed by atoms with Crippen LogP contribution in [0.2, 0.25) is 0 Å². The zero-order chi connectivity index (χ0) is 19.8. The van der Waals surface area contributed by atoms with Gasteiger partial charge in [0.1, 0.15) is 0 Å². The summed E-state index contributed by atoms with van der Waals surface area (Å²) in [6.45, 7) is 0. The van der Waals surface area contributed by atoms with E-state index >= 15 is 0 Å². The number of rotatable bonds is 3. The van der Waals surface area contributed by atoms with Crippen molar-refractivity contribution >= 4 is 28.1 Å². The second kappa shape index (κ2) is 6.75. The Labute approximate surface area is 151 Å². The topological polar surface area (TPSA) is 78.1 Å². The molecular weight excluding hydrogens is 361 g/mol. The number of H-pyrrole nitrogens is 1. The van der Waals surface area contributed by atoms with Crippen molar-refractivity contribution < 1.29 is 18.0 Å². The largest absolute Gasteiger partial charge is 0.416 e. The maximum Gasteiger partial charge on any atom is 0.416 e. The minimum absolute atomic E-state index is 0.0168. The monoisotopic (exact) mass is 376 g/mol. The third-order valence-electron chi connectivity index (χ3n) is 3.97. The molecule has 2 N–H and O–H groups in total. The average molecular weight is 376 g/mol. The summed E-state index contributed by atoms with van der Waals surface area (Å²) in [5.74, 6) is -0.732. The summed E-state index contributed by atoms with van der Waals surface area (Å²) in [6.07, 6.45) is -4.55. The van der Waals surface area contributed by atoms with Crippen LogP contribution in [0.15, 0.2) is 47.3 Å². The lowest BCUT2D eigenvalue weighted by molar-refractivity contribution is -0.137. The molecule has 27 heavy (non-hydrogen) atoms. The van der Waals surface area contributed by atoms with Gasteiger partial charge in [0, 0.05) is 19.5 Å². The first-order valence-corrected chi connectivity index (χ1v) is 7.86. The van der Waals surface area contributed by atoms with Crippen LogP contribution in [0.1, 0.15) is 16.1 Å². The first kappa shape index (κ1) is 18.4. The van der Waals surface area contributed by atoms with Crippen LogP contribution in [0.4, 0.5) is 24.5 Å². The van der Waals surface area contributed by atoms with E-state index in [0.717, 1.165) is 12.1 Å². The van der Waals surface area contributed by atoms with Gasteiger partial charge in [0.15, 0.2) is 5.69 Å². The lowest BCUT2D eigenvalue weighted by atomic mass is 10.1. The number of carbonyl (C=O) groups excluding carboxylic acids is 1. The number of anilines is 2. The molecule has 0 atom stereocenters. The van der Waals surface area contributed by atoms with Gasteiger partial charge in [-0.05, 0) is 24.3 Å². The highest BCUT2D eigenvalue weighted by atomic mass is 19.4. The van der Waals surface area contributed by atoms with Crippen molar-refractivity contribution in [2.75, 3.05) is 24.3 Å². The number of hydrogen-bond acceptors (Lipinski definition) is 4. The SMILES string of the molecule is CN(C)c1ccc(C(F)(F)F)cc1NC(=O)c1n[nH]c(=O)c2ccccc12. The van der Waals surface area contributed by atoms with E-state index in [1.54, 1.807) is 37.2 Å². The van der Waals surface area contributed by atoms with Gasteiger partial charge < -0.3 is 10.2 Å². The first-order chi connectivity index (χ1) is 12.7. The number of alkyl halides is 3. The molecule has 0 saturated carbocycles. The van der Waals surface area contributed by atoms with Gasteiger partial charge in [0.25, 0.3) is 11.5 Å². The summed E-state index contributed by atoms with van der Waals surface area (Å²) in [5.41, 5.74) is -1.06. The molecule has 9 heteroatoms. The molecular formula is C18H15F3N4O2. The Morgan fingerprint density at radius 2 is 1.78 bits per heavy atom. The van der Waals surface area contributed by atoms with Gasteiger partial charge in [-0.15, -0.1) is 0 Å². The van der Waals surface area contributed by atoms with Crippen molar-refractivity contribution in [2.24, 2.45) is 0 Å². The van der Waals surface area contributed by atoms with Gasteiger partial charge in [-0.3, -0.25) is 9.59 Å². The van der Waals surface area contributed by atoms with Gasteiger partial charge in [-0.2, -0.15) is 18.3 Å². The van der Waals surface area contributed by atoms with Crippen molar-refractivity contribution in [1.82, 2.24) is 10.2 Å². The number of nitrogens with one attached hydrogen (secondary N) is 2. The van der Waals surface area contributed by atoms with E-state index < -0.39 is 23.2 Å². The molecule has 0 aliphatic heterocycles. The average Bonchev–Trinajstić information content (AvgIpc) is 2.61. The molecule has 1 aromatic heterocycles. The number of fused-ring (bicyclic) bond motifs is 1. The Bertz CT molecular complexity index is 1070. The predicted octanol–water partition coefficient (Wildman–Crippen LogP) is 3.26. The van der Waals surface area contributed by atoms with E-state index in [1.165, 1.54) is 12.1 Å². The highest BCUT2D eigenvalue weighted by Crippen LogP contribution is 2.35. The molecule has 0 bridgehead atoms. The number of hydrogen-bond donors (Lipinski definition) is 2. The predicted molar refractivity (Wildman–Crippen MR) is 96.1 cm³/mol. The number of halogens is 3. The van der Waals surface area contributed by atoms with Crippen molar-refractivity contribution in [3.05, 3.63) is 64.1 Å². The van der Waals surface area contributed by atoms with E-state index in [4.69, 9.17) is 0 Å². The molecule has 0 spiro atoms. The molecule has 3 rings (SSSR count). The van der Waals surface area contributed by atoms with Crippen molar-refractivity contribution in [2.45, 2.75) is 6.18 Å². The van der Waals surface area contributed by atoms with Crippen LogP contribution in [-0.2, 0) is 6.18 Å². The summed E-state index contributed by atoms with van der Waals surface area (Å²) in [5, 5.41) is 9.02. The minimum atomic E-state index is -4.55. The molecule has 6 nitrogen and oxygen atoms in total. The van der Waals surface area contributed by atoms with Crippen molar-refractivity contribution in [3.8, 4) is 0 Å². The smallest absolute Gasteiger partial charge is 0.376 e. The second-order valence-electron chi connectivity index (χ2n) is 6.03. The van der Waals surface area contributed by atoms with E-state index in [2.05, 4.69) is 15.5 Å². The molecule has 0 radical (unpaired) electrons. The molecule has 140 valence electrons. The zero-order valence-electron chi connectivity index (χ0n) is 14.4. The Balaban J connectivity index is 2.06. The minimum Gasteiger partial charge on any atom is -0.376 e. The lowest BCUT2D eigenvalue weighted by Crippen LogP contribution is -2.21. The number of benzene rings is 2. The fourth-order valence-electron chi connectivity index (χ4n) is 2.67. The quantitative estimate of drug-likeness (QED) is 0.736. The summed E-state index contributed by atoms with van der Waals surface area (Å²) in [7, 11) is 3.29. The standard InChI is InChI=1S/C18H15F3N4O2/c1-25(2)14-8-7-10(18(19,20)21)9-13(14)22-17(27)15-11-5-3-4-6-12(11)16(26)24-23-15/h3-9H,1-2H3,(H,22,27)(H,24,26). The van der Waals surface area contributed by atoms with Crippen LogP contribution in [0.3, 0.4) is 0 Å². The zero-order valence-corrected chi connectivity index (χ0v) is 14.4. The van der Waals surface area contributed by atoms with Gasteiger partial charge in [0.05, 0.1) is 22.3 Å². The van der Waals surface area contributed by atoms with Crippen LogP contribution < -0.4 is 15.8 Å². The highest BCUT2D eigenvalue weighted by Gasteiger charge is 2.31. The summed E-state index contributed by atoms with van der Waals surface area (Å²) in [4.78, 5) is 26.1. The number of amides is 1. The van der Waals surface area contributed by atoms with Gasteiger partial charge >= 0.3 is 6.18 Å². The molecule has 0 fully saturated rings. The lowest BCUT2D eigenvalue weighted by Gasteiger charge is -2.19. The summed E-state index contributed by atoms with van der Waals surface area (Å²) < 4.78 is 39.1. The van der Waals surface area contributed by atoms with Gasteiger partial charge in [-0.1, -0.05) is 18.2 Å². The van der Waals surface area contributed by atoms with Crippen LogP contribution in [0, 0.1) is 0 Å². The molecule has 0 aliphatic rings. The van der Waals surface area contributed by atoms with Gasteiger partial charge in [0.2, 0.25) is 0 Å². The third-order valence-corrected chi connectivity index (χ3v) is 3.97. The maximum absolute atomic E-state index is 13.0. The first-order valence-electron chi connectivity index (χ1n) is 7.86. The van der Waals surface area contributed by atoms with E-state index in [9.17, 15) is 22.8 Å². The summed E-state index contributed by atoms with van der Waals surface area (Å²) >= 11 is 0. The molecule has 1 heterocycles. The molecule has 0 unspecified atom stereocenters. The number of carbonyl (C=O) groups is 1. The second-order valence-corrected chi connectivity index (χ2v) is 6.03. The van der Waals surface area contributed by atoms with E-state index in [0.29, 0.717) is 11.1 Å². The Morgan fingerprint density at radius 1 is 1.11 bits per heavy atom.